The normalized spacial score (nSPS) is 11.2. The number of halogens is 3. The fraction of sp³-hybridized carbons (Fsp3) is 0.125. The van der Waals surface area contributed by atoms with Gasteiger partial charge in [0, 0.05) is 12.1 Å². The highest BCUT2D eigenvalue weighted by molar-refractivity contribution is 6.04. The third-order valence-electron chi connectivity index (χ3n) is 4.83. The summed E-state index contributed by atoms with van der Waals surface area (Å²) in [7, 11) is 0. The zero-order valence-corrected chi connectivity index (χ0v) is 18.0. The van der Waals surface area contributed by atoms with Gasteiger partial charge in [-0.3, -0.25) is 10.1 Å². The number of rotatable bonds is 7. The average Bonchev–Trinajstić information content (AvgIpc) is 3.20. The first-order chi connectivity index (χ1) is 16.3. The summed E-state index contributed by atoms with van der Waals surface area (Å²) >= 11 is 0. The summed E-state index contributed by atoms with van der Waals surface area (Å²) in [6, 6.07) is 21.8. The van der Waals surface area contributed by atoms with Crippen LogP contribution in [0.1, 0.15) is 21.5 Å². The summed E-state index contributed by atoms with van der Waals surface area (Å²) in [5.74, 6) is -0.421. The highest BCUT2D eigenvalue weighted by Crippen LogP contribution is 2.25. The second-order valence-electron chi connectivity index (χ2n) is 7.32. The van der Waals surface area contributed by atoms with Crippen molar-refractivity contribution in [1.29, 1.82) is 0 Å². The van der Waals surface area contributed by atoms with Gasteiger partial charge in [-0.15, -0.1) is 18.3 Å². The number of alkyl halides is 3. The third kappa shape index (κ3) is 5.71. The van der Waals surface area contributed by atoms with Crippen molar-refractivity contribution in [1.82, 2.24) is 14.8 Å². The number of hydrogen-bond donors (Lipinski definition) is 2. The van der Waals surface area contributed by atoms with E-state index in [1.54, 1.807) is 12.1 Å². The van der Waals surface area contributed by atoms with Gasteiger partial charge in [0.1, 0.15) is 5.75 Å². The van der Waals surface area contributed by atoms with E-state index < -0.39 is 12.3 Å². The predicted octanol–water partition coefficient (Wildman–Crippen LogP) is 5.34. The van der Waals surface area contributed by atoms with Crippen LogP contribution in [0.25, 0.3) is 5.69 Å². The van der Waals surface area contributed by atoms with E-state index in [1.165, 1.54) is 16.8 Å². The van der Waals surface area contributed by atoms with Crippen LogP contribution in [0.2, 0.25) is 0 Å². The molecule has 0 saturated heterocycles. The standard InChI is InChI=1S/C24H20F3N5O2/c1-16-7-5-6-10-20(16)21(33)29-23-30-22(28-15-17-8-3-2-4-9-17)31-32(23)18-11-13-19(14-12-18)34-24(25,26)27/h2-14H,15H2,1H3,(H2,28,29,30,31,33). The van der Waals surface area contributed by atoms with Gasteiger partial charge in [0.2, 0.25) is 11.9 Å². The lowest BCUT2D eigenvalue weighted by molar-refractivity contribution is -0.274. The quantitative estimate of drug-likeness (QED) is 0.384. The molecule has 0 unspecified atom stereocenters. The van der Waals surface area contributed by atoms with Crippen molar-refractivity contribution in [2.24, 2.45) is 0 Å². The number of benzene rings is 3. The first-order valence-corrected chi connectivity index (χ1v) is 10.3. The zero-order chi connectivity index (χ0) is 24.1. The molecular weight excluding hydrogens is 447 g/mol. The summed E-state index contributed by atoms with van der Waals surface area (Å²) in [4.78, 5) is 17.2. The Balaban J connectivity index is 1.62. The molecule has 0 aliphatic carbocycles. The van der Waals surface area contributed by atoms with E-state index in [1.807, 2.05) is 49.4 Å². The minimum atomic E-state index is -4.80. The molecule has 0 aliphatic heterocycles. The number of hydrogen-bond acceptors (Lipinski definition) is 5. The Kier molecular flexibility index (Phi) is 6.48. The summed E-state index contributed by atoms with van der Waals surface area (Å²) in [6.07, 6.45) is -4.80. The SMILES string of the molecule is Cc1ccccc1C(=O)Nc1nc(NCc2ccccc2)nn1-c1ccc(OC(F)(F)F)cc1. The van der Waals surface area contributed by atoms with E-state index in [-0.39, 0.29) is 17.6 Å². The van der Waals surface area contributed by atoms with Crippen LogP contribution in [0.15, 0.2) is 78.9 Å². The van der Waals surface area contributed by atoms with Gasteiger partial charge < -0.3 is 10.1 Å². The van der Waals surface area contributed by atoms with Crippen molar-refractivity contribution in [3.8, 4) is 11.4 Å². The number of amides is 1. The molecular formula is C24H20F3N5O2. The number of ether oxygens (including phenoxy) is 1. The van der Waals surface area contributed by atoms with Crippen LogP contribution in [0.3, 0.4) is 0 Å². The molecule has 0 saturated carbocycles. The summed E-state index contributed by atoms with van der Waals surface area (Å²) in [6.45, 7) is 2.25. The number of aryl methyl sites for hydroxylation is 1. The molecule has 2 N–H and O–H groups in total. The molecule has 0 aliphatic rings. The minimum Gasteiger partial charge on any atom is -0.406 e. The topological polar surface area (TPSA) is 81.1 Å². The van der Waals surface area contributed by atoms with Gasteiger partial charge in [-0.2, -0.15) is 9.67 Å². The maximum atomic E-state index is 12.9. The van der Waals surface area contributed by atoms with Gasteiger partial charge in [0.05, 0.1) is 5.69 Å². The minimum absolute atomic E-state index is 0.105. The Morgan fingerprint density at radius 2 is 1.65 bits per heavy atom. The van der Waals surface area contributed by atoms with E-state index >= 15 is 0 Å². The second-order valence-corrected chi connectivity index (χ2v) is 7.32. The highest BCUT2D eigenvalue weighted by Gasteiger charge is 2.31. The van der Waals surface area contributed by atoms with Gasteiger partial charge in [0.25, 0.3) is 5.91 Å². The lowest BCUT2D eigenvalue weighted by Gasteiger charge is -2.11. The van der Waals surface area contributed by atoms with E-state index in [2.05, 4.69) is 25.5 Å². The molecule has 0 fully saturated rings. The van der Waals surface area contributed by atoms with Crippen LogP contribution in [0, 0.1) is 6.92 Å². The van der Waals surface area contributed by atoms with Crippen molar-refractivity contribution in [3.63, 3.8) is 0 Å². The number of aromatic nitrogens is 3. The van der Waals surface area contributed by atoms with Crippen LogP contribution in [0.5, 0.6) is 5.75 Å². The summed E-state index contributed by atoms with van der Waals surface area (Å²) in [5.41, 5.74) is 2.62. The first-order valence-electron chi connectivity index (χ1n) is 10.3. The van der Waals surface area contributed by atoms with Crippen molar-refractivity contribution >= 4 is 17.8 Å². The van der Waals surface area contributed by atoms with Crippen LogP contribution >= 0.6 is 0 Å². The van der Waals surface area contributed by atoms with Crippen LogP contribution < -0.4 is 15.4 Å². The van der Waals surface area contributed by atoms with Gasteiger partial charge in [-0.25, -0.2) is 0 Å². The lowest BCUT2D eigenvalue weighted by atomic mass is 10.1. The molecule has 4 aromatic rings. The first kappa shape index (κ1) is 22.8. The zero-order valence-electron chi connectivity index (χ0n) is 18.0. The van der Waals surface area contributed by atoms with Gasteiger partial charge in [0.15, 0.2) is 0 Å². The van der Waals surface area contributed by atoms with E-state index in [0.29, 0.717) is 17.8 Å². The molecule has 34 heavy (non-hydrogen) atoms. The number of nitrogens with zero attached hydrogens (tertiary/aromatic N) is 3. The maximum absolute atomic E-state index is 12.9. The van der Waals surface area contributed by atoms with Gasteiger partial charge in [-0.05, 0) is 48.4 Å². The maximum Gasteiger partial charge on any atom is 0.573 e. The largest absolute Gasteiger partial charge is 0.573 e. The highest BCUT2D eigenvalue weighted by atomic mass is 19.4. The summed E-state index contributed by atoms with van der Waals surface area (Å²) in [5, 5.41) is 10.2. The molecule has 4 rings (SSSR count). The molecule has 3 aromatic carbocycles. The second kappa shape index (κ2) is 9.65. The lowest BCUT2D eigenvalue weighted by Crippen LogP contribution is -2.17. The van der Waals surface area contributed by atoms with E-state index in [4.69, 9.17) is 0 Å². The van der Waals surface area contributed by atoms with Crippen molar-refractivity contribution in [3.05, 3.63) is 95.6 Å². The van der Waals surface area contributed by atoms with E-state index in [0.717, 1.165) is 23.3 Å². The third-order valence-corrected chi connectivity index (χ3v) is 4.83. The molecule has 0 spiro atoms. The Morgan fingerprint density at radius 1 is 0.971 bits per heavy atom. The average molecular weight is 467 g/mol. The molecule has 1 heterocycles. The van der Waals surface area contributed by atoms with Crippen LogP contribution in [0.4, 0.5) is 25.1 Å². The molecule has 0 atom stereocenters. The molecule has 0 bridgehead atoms. The molecule has 174 valence electrons. The molecule has 7 nitrogen and oxygen atoms in total. The number of carbonyl (C=O) groups is 1. The van der Waals surface area contributed by atoms with Gasteiger partial charge >= 0.3 is 6.36 Å². The van der Waals surface area contributed by atoms with Crippen molar-refractivity contribution in [2.45, 2.75) is 19.8 Å². The number of nitrogens with one attached hydrogen (secondary N) is 2. The molecule has 1 aromatic heterocycles. The fourth-order valence-electron chi connectivity index (χ4n) is 3.21. The molecule has 1 amide bonds. The van der Waals surface area contributed by atoms with E-state index in [9.17, 15) is 18.0 Å². The number of anilines is 2. The molecule has 0 radical (unpaired) electrons. The summed E-state index contributed by atoms with van der Waals surface area (Å²) < 4.78 is 42.7. The Hall–Kier alpha value is -4.34. The van der Waals surface area contributed by atoms with Gasteiger partial charge in [-0.1, -0.05) is 48.5 Å². The van der Waals surface area contributed by atoms with Crippen molar-refractivity contribution < 1.29 is 22.7 Å². The van der Waals surface area contributed by atoms with Crippen molar-refractivity contribution in [2.75, 3.05) is 10.6 Å². The number of carbonyl (C=O) groups excluding carboxylic acids is 1. The smallest absolute Gasteiger partial charge is 0.406 e. The monoisotopic (exact) mass is 467 g/mol. The van der Waals surface area contributed by atoms with Crippen LogP contribution in [-0.4, -0.2) is 27.0 Å². The Labute approximate surface area is 193 Å². The van der Waals surface area contributed by atoms with Crippen LogP contribution in [-0.2, 0) is 6.54 Å². The fourth-order valence-corrected chi connectivity index (χ4v) is 3.21. The predicted molar refractivity (Wildman–Crippen MR) is 121 cm³/mol. The molecule has 10 heteroatoms. The Bertz CT molecular complexity index is 1270. The Morgan fingerprint density at radius 3 is 2.32 bits per heavy atom.